The highest BCUT2D eigenvalue weighted by Gasteiger charge is 2.36. The van der Waals surface area contributed by atoms with Crippen LogP contribution in [-0.4, -0.2) is 10.8 Å². The molecule has 0 spiro atoms. The van der Waals surface area contributed by atoms with E-state index in [1.54, 1.807) is 48.5 Å². The molecule has 0 atom stereocenters. The van der Waals surface area contributed by atoms with E-state index in [4.69, 9.17) is 0 Å². The number of halogens is 3. The topological polar surface area (TPSA) is 30.0 Å². The van der Waals surface area contributed by atoms with Crippen molar-refractivity contribution in [1.82, 2.24) is 4.98 Å². The summed E-state index contributed by atoms with van der Waals surface area (Å²) in [7, 11) is 0. The normalized spacial score (nSPS) is 11.8. The number of hydrogen-bond acceptors (Lipinski definition) is 2. The fourth-order valence-electron chi connectivity index (χ4n) is 3.52. The molecule has 1 heterocycles. The van der Waals surface area contributed by atoms with Crippen molar-refractivity contribution in [3.8, 4) is 0 Å². The van der Waals surface area contributed by atoms with Gasteiger partial charge in [0.05, 0.1) is 11.1 Å². The first-order valence-corrected chi connectivity index (χ1v) is 8.90. The Morgan fingerprint density at radius 3 is 2.32 bits per heavy atom. The zero-order valence-corrected chi connectivity index (χ0v) is 14.8. The number of aromatic nitrogens is 1. The van der Waals surface area contributed by atoms with Gasteiger partial charge in [0.25, 0.3) is 0 Å². The predicted molar refractivity (Wildman–Crippen MR) is 103 cm³/mol. The molecular formula is C23H16F3NO. The van der Waals surface area contributed by atoms with Crippen molar-refractivity contribution in [1.29, 1.82) is 0 Å². The molecule has 0 radical (unpaired) electrons. The van der Waals surface area contributed by atoms with Crippen molar-refractivity contribution in [2.24, 2.45) is 0 Å². The molecule has 0 saturated heterocycles. The first kappa shape index (κ1) is 18.2. The fourth-order valence-corrected chi connectivity index (χ4v) is 3.52. The Kier molecular flexibility index (Phi) is 4.59. The van der Waals surface area contributed by atoms with Crippen molar-refractivity contribution in [2.45, 2.75) is 19.0 Å². The van der Waals surface area contributed by atoms with Gasteiger partial charge in [0.2, 0.25) is 0 Å². The van der Waals surface area contributed by atoms with Crippen LogP contribution in [0, 0.1) is 0 Å². The van der Waals surface area contributed by atoms with Gasteiger partial charge in [0, 0.05) is 29.0 Å². The standard InChI is InChI=1S/C23H16F3NO/c24-23(25,26)21-17(11-13-20(28)16-7-2-1-3-8-16)14-27-22-18-9-5-4-6-15(18)10-12-19(21)22/h1-10,12,14H,11,13H2. The smallest absolute Gasteiger partial charge is 0.294 e. The number of hydrogen-bond donors (Lipinski definition) is 0. The van der Waals surface area contributed by atoms with E-state index >= 15 is 0 Å². The van der Waals surface area contributed by atoms with Crippen LogP contribution >= 0.6 is 0 Å². The Morgan fingerprint density at radius 2 is 1.57 bits per heavy atom. The number of aryl methyl sites for hydroxylation is 1. The number of rotatable bonds is 4. The van der Waals surface area contributed by atoms with E-state index in [1.807, 2.05) is 12.1 Å². The summed E-state index contributed by atoms with van der Waals surface area (Å²) >= 11 is 0. The Labute approximate surface area is 159 Å². The van der Waals surface area contributed by atoms with Gasteiger partial charge < -0.3 is 0 Å². The van der Waals surface area contributed by atoms with Gasteiger partial charge in [-0.3, -0.25) is 9.78 Å². The maximum Gasteiger partial charge on any atom is 0.417 e. The van der Waals surface area contributed by atoms with Gasteiger partial charge >= 0.3 is 6.18 Å². The van der Waals surface area contributed by atoms with Crippen molar-refractivity contribution < 1.29 is 18.0 Å². The number of ketones is 1. The lowest BCUT2D eigenvalue weighted by atomic mass is 9.95. The molecule has 3 aromatic carbocycles. The molecule has 4 rings (SSSR count). The fraction of sp³-hybridized carbons (Fsp3) is 0.130. The van der Waals surface area contributed by atoms with Crippen LogP contribution in [0.4, 0.5) is 13.2 Å². The van der Waals surface area contributed by atoms with E-state index in [0.29, 0.717) is 16.5 Å². The molecule has 5 heteroatoms. The average molecular weight is 379 g/mol. The molecule has 0 aliphatic carbocycles. The third kappa shape index (κ3) is 3.36. The number of Topliss-reactive ketones (excluding diaryl/α,β-unsaturated/α-hetero) is 1. The van der Waals surface area contributed by atoms with Gasteiger partial charge in [-0.25, -0.2) is 0 Å². The quantitative estimate of drug-likeness (QED) is 0.311. The Morgan fingerprint density at radius 1 is 0.857 bits per heavy atom. The second-order valence-corrected chi connectivity index (χ2v) is 6.63. The van der Waals surface area contributed by atoms with Crippen LogP contribution in [0.15, 0.2) is 72.9 Å². The van der Waals surface area contributed by atoms with Gasteiger partial charge in [-0.05, 0) is 17.4 Å². The van der Waals surface area contributed by atoms with Gasteiger partial charge in [-0.1, -0.05) is 66.7 Å². The Hall–Kier alpha value is -3.21. The number of pyridine rings is 1. The number of benzene rings is 3. The monoisotopic (exact) mass is 379 g/mol. The first-order chi connectivity index (χ1) is 13.4. The summed E-state index contributed by atoms with van der Waals surface area (Å²) in [6.07, 6.45) is -3.29. The maximum absolute atomic E-state index is 13.9. The number of nitrogens with zero attached hydrogens (tertiary/aromatic N) is 1. The van der Waals surface area contributed by atoms with Crippen LogP contribution in [0.25, 0.3) is 21.7 Å². The minimum absolute atomic E-state index is 0.00609. The molecule has 0 aliphatic heterocycles. The van der Waals surface area contributed by atoms with E-state index in [2.05, 4.69) is 4.98 Å². The van der Waals surface area contributed by atoms with Gasteiger partial charge in [0.1, 0.15) is 0 Å². The van der Waals surface area contributed by atoms with Crippen LogP contribution in [0.1, 0.15) is 27.9 Å². The van der Waals surface area contributed by atoms with E-state index in [1.165, 1.54) is 12.3 Å². The summed E-state index contributed by atoms with van der Waals surface area (Å²) < 4.78 is 41.7. The molecule has 0 aliphatic rings. The van der Waals surface area contributed by atoms with Gasteiger partial charge in [-0.15, -0.1) is 0 Å². The number of carbonyl (C=O) groups is 1. The predicted octanol–water partition coefficient (Wildman–Crippen LogP) is 6.22. The SMILES string of the molecule is O=C(CCc1cnc2c(ccc3ccccc32)c1C(F)(F)F)c1ccccc1. The molecule has 0 unspecified atom stereocenters. The van der Waals surface area contributed by atoms with Crippen LogP contribution in [0.3, 0.4) is 0 Å². The third-order valence-corrected chi connectivity index (χ3v) is 4.84. The van der Waals surface area contributed by atoms with Crippen molar-refractivity contribution >= 4 is 27.5 Å². The zero-order valence-electron chi connectivity index (χ0n) is 14.8. The summed E-state index contributed by atoms with van der Waals surface area (Å²) in [5.41, 5.74) is 0.156. The van der Waals surface area contributed by atoms with E-state index in [-0.39, 0.29) is 29.6 Å². The highest BCUT2D eigenvalue weighted by atomic mass is 19.4. The lowest BCUT2D eigenvalue weighted by Crippen LogP contribution is -2.12. The Balaban J connectivity index is 1.78. The van der Waals surface area contributed by atoms with Crippen LogP contribution in [0.5, 0.6) is 0 Å². The summed E-state index contributed by atoms with van der Waals surface area (Å²) in [5, 5.41) is 1.58. The number of alkyl halides is 3. The molecule has 0 amide bonds. The van der Waals surface area contributed by atoms with Crippen LogP contribution in [0.2, 0.25) is 0 Å². The summed E-state index contributed by atoms with van der Waals surface area (Å²) in [4.78, 5) is 16.6. The molecule has 0 saturated carbocycles. The Bertz CT molecular complexity index is 1170. The lowest BCUT2D eigenvalue weighted by Gasteiger charge is -2.16. The summed E-state index contributed by atoms with van der Waals surface area (Å²) in [5.74, 6) is -0.188. The highest BCUT2D eigenvalue weighted by Crippen LogP contribution is 2.39. The molecule has 4 aromatic rings. The molecule has 2 nitrogen and oxygen atoms in total. The second-order valence-electron chi connectivity index (χ2n) is 6.63. The van der Waals surface area contributed by atoms with Crippen molar-refractivity contribution in [2.75, 3.05) is 0 Å². The van der Waals surface area contributed by atoms with Crippen molar-refractivity contribution in [3.05, 3.63) is 89.6 Å². The van der Waals surface area contributed by atoms with E-state index in [9.17, 15) is 18.0 Å². The molecule has 140 valence electrons. The summed E-state index contributed by atoms with van der Waals surface area (Å²) in [6.45, 7) is 0. The average Bonchev–Trinajstić information content (AvgIpc) is 2.71. The second kappa shape index (κ2) is 7.08. The first-order valence-electron chi connectivity index (χ1n) is 8.90. The highest BCUT2D eigenvalue weighted by molar-refractivity contribution is 6.06. The number of fused-ring (bicyclic) bond motifs is 3. The number of carbonyl (C=O) groups excluding carboxylic acids is 1. The van der Waals surface area contributed by atoms with Crippen LogP contribution < -0.4 is 0 Å². The molecule has 1 aromatic heterocycles. The molecular weight excluding hydrogens is 363 g/mol. The minimum atomic E-state index is -4.53. The third-order valence-electron chi connectivity index (χ3n) is 4.84. The van der Waals surface area contributed by atoms with Gasteiger partial charge in [0.15, 0.2) is 5.78 Å². The molecule has 28 heavy (non-hydrogen) atoms. The lowest BCUT2D eigenvalue weighted by molar-refractivity contribution is -0.136. The van der Waals surface area contributed by atoms with Crippen molar-refractivity contribution in [3.63, 3.8) is 0 Å². The molecule has 0 N–H and O–H groups in total. The molecule has 0 fully saturated rings. The van der Waals surface area contributed by atoms with E-state index in [0.717, 1.165) is 5.39 Å². The van der Waals surface area contributed by atoms with Crippen LogP contribution in [-0.2, 0) is 12.6 Å². The largest absolute Gasteiger partial charge is 0.417 e. The maximum atomic E-state index is 13.9. The molecule has 0 bridgehead atoms. The zero-order chi connectivity index (χ0) is 19.7. The van der Waals surface area contributed by atoms with Gasteiger partial charge in [-0.2, -0.15) is 13.2 Å². The summed E-state index contributed by atoms with van der Waals surface area (Å²) in [6, 6.07) is 19.0. The minimum Gasteiger partial charge on any atom is -0.294 e. The van der Waals surface area contributed by atoms with E-state index < -0.39 is 11.7 Å².